The molecule has 1 N–H and O–H groups in total. The Bertz CT molecular complexity index is 758. The SMILES string of the molecule is Oc1ccc2nc3n(c2c1)CCc1ccccc1-3. The summed E-state index contributed by atoms with van der Waals surface area (Å²) in [4.78, 5) is 4.69. The first-order chi connectivity index (χ1) is 8.83. The van der Waals surface area contributed by atoms with E-state index >= 15 is 0 Å². The summed E-state index contributed by atoms with van der Waals surface area (Å²) in [7, 11) is 0. The fourth-order valence-electron chi connectivity index (χ4n) is 2.73. The van der Waals surface area contributed by atoms with E-state index in [2.05, 4.69) is 27.8 Å². The average molecular weight is 236 g/mol. The molecule has 4 rings (SSSR count). The van der Waals surface area contributed by atoms with Crippen LogP contribution in [0.5, 0.6) is 5.75 Å². The van der Waals surface area contributed by atoms with Gasteiger partial charge in [0, 0.05) is 18.2 Å². The van der Waals surface area contributed by atoms with Gasteiger partial charge in [0.1, 0.15) is 11.6 Å². The number of aromatic nitrogens is 2. The fraction of sp³-hybridized carbons (Fsp3) is 0.133. The van der Waals surface area contributed by atoms with Crippen LogP contribution in [0.4, 0.5) is 0 Å². The zero-order valence-electron chi connectivity index (χ0n) is 9.80. The summed E-state index contributed by atoms with van der Waals surface area (Å²) < 4.78 is 2.19. The van der Waals surface area contributed by atoms with Gasteiger partial charge < -0.3 is 9.67 Å². The Morgan fingerprint density at radius 3 is 2.94 bits per heavy atom. The Balaban J connectivity index is 2.08. The molecule has 3 heteroatoms. The standard InChI is InChI=1S/C15H12N2O/c18-11-5-6-13-14(9-11)17-8-7-10-3-1-2-4-12(10)15(17)16-13/h1-6,9,18H,7-8H2. The van der Waals surface area contributed by atoms with Gasteiger partial charge in [0.05, 0.1) is 11.0 Å². The number of nitrogens with zero attached hydrogens (tertiary/aromatic N) is 2. The summed E-state index contributed by atoms with van der Waals surface area (Å²) in [5.41, 5.74) is 4.52. The van der Waals surface area contributed by atoms with Crippen molar-refractivity contribution in [3.05, 3.63) is 48.0 Å². The van der Waals surface area contributed by atoms with Gasteiger partial charge in [-0.3, -0.25) is 0 Å². The Morgan fingerprint density at radius 1 is 1.11 bits per heavy atom. The van der Waals surface area contributed by atoms with E-state index in [9.17, 15) is 5.11 Å². The van der Waals surface area contributed by atoms with E-state index in [4.69, 9.17) is 0 Å². The van der Waals surface area contributed by atoms with Crippen molar-refractivity contribution in [2.24, 2.45) is 0 Å². The van der Waals surface area contributed by atoms with Crippen LogP contribution >= 0.6 is 0 Å². The number of aromatic hydroxyl groups is 1. The second kappa shape index (κ2) is 3.35. The monoisotopic (exact) mass is 236 g/mol. The van der Waals surface area contributed by atoms with Gasteiger partial charge in [-0.2, -0.15) is 0 Å². The number of phenolic OH excluding ortho intramolecular Hbond substituents is 1. The summed E-state index contributed by atoms with van der Waals surface area (Å²) in [5, 5.41) is 9.60. The van der Waals surface area contributed by atoms with Crippen molar-refractivity contribution in [2.75, 3.05) is 0 Å². The Labute approximate surface area is 104 Å². The predicted molar refractivity (Wildman–Crippen MR) is 70.5 cm³/mol. The van der Waals surface area contributed by atoms with Crippen molar-refractivity contribution < 1.29 is 5.11 Å². The van der Waals surface area contributed by atoms with E-state index in [0.29, 0.717) is 5.75 Å². The van der Waals surface area contributed by atoms with E-state index in [1.165, 1.54) is 11.1 Å². The molecule has 0 amide bonds. The first-order valence-electron chi connectivity index (χ1n) is 6.10. The maximum absolute atomic E-state index is 9.60. The molecule has 0 atom stereocenters. The minimum Gasteiger partial charge on any atom is -0.508 e. The zero-order valence-corrected chi connectivity index (χ0v) is 9.80. The van der Waals surface area contributed by atoms with Gasteiger partial charge in [0.15, 0.2) is 0 Å². The van der Waals surface area contributed by atoms with Crippen LogP contribution in [0.15, 0.2) is 42.5 Å². The van der Waals surface area contributed by atoms with Gasteiger partial charge in [-0.25, -0.2) is 4.98 Å². The number of phenols is 1. The summed E-state index contributed by atoms with van der Waals surface area (Å²) in [6.07, 6.45) is 1.02. The normalized spacial score (nSPS) is 13.3. The van der Waals surface area contributed by atoms with E-state index in [0.717, 1.165) is 29.8 Å². The molecule has 2 aromatic carbocycles. The molecule has 0 aliphatic carbocycles. The number of hydrogen-bond acceptors (Lipinski definition) is 2. The predicted octanol–water partition coefficient (Wildman–Crippen LogP) is 2.97. The average Bonchev–Trinajstić information content (AvgIpc) is 2.77. The third-order valence-corrected chi connectivity index (χ3v) is 3.59. The van der Waals surface area contributed by atoms with Crippen LogP contribution < -0.4 is 0 Å². The smallest absolute Gasteiger partial charge is 0.141 e. The molecule has 1 aromatic heterocycles. The van der Waals surface area contributed by atoms with Crippen LogP contribution in [0.2, 0.25) is 0 Å². The minimum absolute atomic E-state index is 0.295. The summed E-state index contributed by atoms with van der Waals surface area (Å²) in [5.74, 6) is 1.31. The topological polar surface area (TPSA) is 38.1 Å². The van der Waals surface area contributed by atoms with Crippen LogP contribution in [0, 0.1) is 0 Å². The number of fused-ring (bicyclic) bond motifs is 5. The summed E-state index contributed by atoms with van der Waals surface area (Å²) in [6, 6.07) is 13.8. The lowest BCUT2D eigenvalue weighted by molar-refractivity contribution is 0.476. The molecule has 0 radical (unpaired) electrons. The van der Waals surface area contributed by atoms with Gasteiger partial charge in [-0.1, -0.05) is 24.3 Å². The lowest BCUT2D eigenvalue weighted by Gasteiger charge is -2.18. The van der Waals surface area contributed by atoms with Crippen molar-refractivity contribution in [3.8, 4) is 17.1 Å². The highest BCUT2D eigenvalue weighted by Gasteiger charge is 2.19. The van der Waals surface area contributed by atoms with Crippen molar-refractivity contribution in [1.82, 2.24) is 9.55 Å². The molecule has 1 aliphatic heterocycles. The van der Waals surface area contributed by atoms with E-state index < -0.39 is 0 Å². The van der Waals surface area contributed by atoms with Crippen molar-refractivity contribution in [3.63, 3.8) is 0 Å². The van der Waals surface area contributed by atoms with Gasteiger partial charge in [0.25, 0.3) is 0 Å². The molecule has 18 heavy (non-hydrogen) atoms. The van der Waals surface area contributed by atoms with Crippen LogP contribution in [-0.4, -0.2) is 14.7 Å². The van der Waals surface area contributed by atoms with Crippen molar-refractivity contribution in [2.45, 2.75) is 13.0 Å². The van der Waals surface area contributed by atoms with Crippen LogP contribution in [-0.2, 0) is 13.0 Å². The highest BCUT2D eigenvalue weighted by Crippen LogP contribution is 2.32. The number of hydrogen-bond donors (Lipinski definition) is 1. The third kappa shape index (κ3) is 1.21. The maximum atomic E-state index is 9.60. The lowest BCUT2D eigenvalue weighted by atomic mass is 10.0. The molecular weight excluding hydrogens is 224 g/mol. The molecule has 0 saturated carbocycles. The Hall–Kier alpha value is -2.29. The molecule has 3 nitrogen and oxygen atoms in total. The molecule has 1 aliphatic rings. The van der Waals surface area contributed by atoms with Crippen LogP contribution in [0.3, 0.4) is 0 Å². The van der Waals surface area contributed by atoms with Crippen LogP contribution in [0.25, 0.3) is 22.4 Å². The summed E-state index contributed by atoms with van der Waals surface area (Å²) in [6.45, 7) is 0.923. The number of imidazole rings is 1. The van der Waals surface area contributed by atoms with Crippen molar-refractivity contribution in [1.29, 1.82) is 0 Å². The molecule has 0 fully saturated rings. The van der Waals surface area contributed by atoms with Gasteiger partial charge in [-0.15, -0.1) is 0 Å². The number of benzene rings is 2. The largest absolute Gasteiger partial charge is 0.508 e. The quantitative estimate of drug-likeness (QED) is 0.651. The zero-order chi connectivity index (χ0) is 12.1. The van der Waals surface area contributed by atoms with E-state index in [1.807, 2.05) is 12.1 Å². The first-order valence-corrected chi connectivity index (χ1v) is 6.10. The Kier molecular flexibility index (Phi) is 1.81. The second-order valence-corrected chi connectivity index (χ2v) is 4.67. The number of aryl methyl sites for hydroxylation is 2. The molecule has 0 bridgehead atoms. The van der Waals surface area contributed by atoms with Crippen molar-refractivity contribution >= 4 is 11.0 Å². The third-order valence-electron chi connectivity index (χ3n) is 3.59. The van der Waals surface area contributed by atoms with Gasteiger partial charge in [-0.05, 0) is 24.1 Å². The molecule has 88 valence electrons. The first kappa shape index (κ1) is 9.71. The summed E-state index contributed by atoms with van der Waals surface area (Å²) >= 11 is 0. The van der Waals surface area contributed by atoms with E-state index in [1.54, 1.807) is 12.1 Å². The second-order valence-electron chi connectivity index (χ2n) is 4.67. The van der Waals surface area contributed by atoms with Gasteiger partial charge in [0.2, 0.25) is 0 Å². The molecule has 0 saturated heterocycles. The molecular formula is C15H12N2O. The molecule has 3 aromatic rings. The fourth-order valence-corrected chi connectivity index (χ4v) is 2.73. The lowest BCUT2D eigenvalue weighted by Crippen LogP contribution is -2.10. The number of rotatable bonds is 0. The molecule has 0 spiro atoms. The highest BCUT2D eigenvalue weighted by atomic mass is 16.3. The van der Waals surface area contributed by atoms with Gasteiger partial charge >= 0.3 is 0 Å². The highest BCUT2D eigenvalue weighted by molar-refractivity contribution is 5.83. The maximum Gasteiger partial charge on any atom is 0.141 e. The van der Waals surface area contributed by atoms with E-state index in [-0.39, 0.29) is 0 Å². The van der Waals surface area contributed by atoms with Crippen LogP contribution in [0.1, 0.15) is 5.56 Å². The molecule has 2 heterocycles. The Morgan fingerprint density at radius 2 is 2.00 bits per heavy atom. The molecule has 0 unspecified atom stereocenters. The minimum atomic E-state index is 0.295.